The Hall–Kier alpha value is -2.18. The molecule has 0 unspecified atom stereocenters. The topological polar surface area (TPSA) is 61.3 Å². The largest absolute Gasteiger partial charge is 0.507 e. The van der Waals surface area contributed by atoms with Crippen molar-refractivity contribution >= 4 is 27.2 Å². The average Bonchev–Trinajstić information content (AvgIpc) is 3.13. The third-order valence-electron chi connectivity index (χ3n) is 5.57. The van der Waals surface area contributed by atoms with Gasteiger partial charge in [0.2, 0.25) is 0 Å². The third kappa shape index (κ3) is 3.51. The van der Waals surface area contributed by atoms with Gasteiger partial charge in [-0.15, -0.1) is 21.5 Å². The molecule has 142 valence electrons. The van der Waals surface area contributed by atoms with Gasteiger partial charge >= 0.3 is 0 Å². The fourth-order valence-electron chi connectivity index (χ4n) is 4.13. The number of aryl methyl sites for hydroxylation is 1. The van der Waals surface area contributed by atoms with Crippen LogP contribution in [0, 0.1) is 6.92 Å². The first-order chi connectivity index (χ1) is 13.0. The molecule has 3 aromatic rings. The molecule has 2 aromatic heterocycles. The number of aromatic nitrogens is 2. The molecule has 2 N–H and O–H groups in total. The van der Waals surface area contributed by atoms with Gasteiger partial charge in [-0.3, -0.25) is 0 Å². The molecule has 0 saturated heterocycles. The van der Waals surface area contributed by atoms with Crippen LogP contribution in [-0.4, -0.2) is 46.4 Å². The number of likely N-dealkylation sites (N-methyl/N-ethyl adjacent to an activating group) is 1. The Bertz CT molecular complexity index is 953. The van der Waals surface area contributed by atoms with Gasteiger partial charge in [-0.1, -0.05) is 12.8 Å². The van der Waals surface area contributed by atoms with E-state index in [1.165, 1.54) is 19.3 Å². The molecule has 5 nitrogen and oxygen atoms in total. The molecule has 0 spiro atoms. The molecule has 0 bridgehead atoms. The van der Waals surface area contributed by atoms with E-state index >= 15 is 0 Å². The molecule has 4 rings (SSSR count). The Morgan fingerprint density at radius 3 is 2.74 bits per heavy atom. The van der Waals surface area contributed by atoms with Gasteiger partial charge in [0.25, 0.3) is 0 Å². The number of rotatable bonds is 4. The van der Waals surface area contributed by atoms with Crippen molar-refractivity contribution in [3.8, 4) is 17.0 Å². The summed E-state index contributed by atoms with van der Waals surface area (Å²) in [6.07, 6.45) is 4.90. The molecule has 2 atom stereocenters. The van der Waals surface area contributed by atoms with Gasteiger partial charge in [-0.25, -0.2) is 0 Å². The molecule has 0 aliphatic heterocycles. The van der Waals surface area contributed by atoms with Crippen molar-refractivity contribution < 1.29 is 5.11 Å². The summed E-state index contributed by atoms with van der Waals surface area (Å²) < 4.78 is 1.08. The highest BCUT2D eigenvalue weighted by molar-refractivity contribution is 7.17. The second-order valence-corrected chi connectivity index (χ2v) is 8.57. The van der Waals surface area contributed by atoms with E-state index in [9.17, 15) is 5.11 Å². The number of phenolic OH excluding ortho intramolecular Hbond substituents is 1. The van der Waals surface area contributed by atoms with Gasteiger partial charge in [0.1, 0.15) is 11.6 Å². The van der Waals surface area contributed by atoms with Crippen molar-refractivity contribution in [2.24, 2.45) is 0 Å². The minimum Gasteiger partial charge on any atom is -0.507 e. The lowest BCUT2D eigenvalue weighted by molar-refractivity contribution is 0.211. The number of hydrogen-bond acceptors (Lipinski definition) is 6. The first-order valence-corrected chi connectivity index (χ1v) is 10.4. The Labute approximate surface area is 164 Å². The summed E-state index contributed by atoms with van der Waals surface area (Å²) in [4.78, 5) is 2.31. The summed E-state index contributed by atoms with van der Waals surface area (Å²) in [6, 6.07) is 8.87. The van der Waals surface area contributed by atoms with Crippen molar-refractivity contribution in [3.05, 3.63) is 35.2 Å². The van der Waals surface area contributed by atoms with Gasteiger partial charge < -0.3 is 15.3 Å². The summed E-state index contributed by atoms with van der Waals surface area (Å²) in [7, 11) is 4.29. The monoisotopic (exact) mass is 382 g/mol. The van der Waals surface area contributed by atoms with Gasteiger partial charge in [0.05, 0.1) is 5.69 Å². The standard InChI is InChI=1S/C21H26N4OS/c1-13-12-19(22-16-6-4-5-7-17(16)25(2)3)23-24-20(13)15-8-9-18-14(21(15)26)10-11-27-18/h8-12,16-17,26H,4-7H2,1-3H3,(H,22,23)/t16-,17-/m0/s1. The van der Waals surface area contributed by atoms with E-state index in [1.807, 2.05) is 36.6 Å². The Kier molecular flexibility index (Phi) is 5.02. The van der Waals surface area contributed by atoms with Crippen molar-refractivity contribution in [1.29, 1.82) is 0 Å². The second-order valence-electron chi connectivity index (χ2n) is 7.62. The van der Waals surface area contributed by atoms with Crippen LogP contribution in [0.1, 0.15) is 31.2 Å². The molecule has 0 amide bonds. The van der Waals surface area contributed by atoms with Crippen molar-refractivity contribution in [2.75, 3.05) is 19.4 Å². The van der Waals surface area contributed by atoms with E-state index in [4.69, 9.17) is 0 Å². The van der Waals surface area contributed by atoms with Gasteiger partial charge in [0, 0.05) is 27.7 Å². The van der Waals surface area contributed by atoms with Crippen LogP contribution in [0.3, 0.4) is 0 Å². The maximum Gasteiger partial charge on any atom is 0.149 e. The van der Waals surface area contributed by atoms with Crippen molar-refractivity contribution in [3.63, 3.8) is 0 Å². The summed E-state index contributed by atoms with van der Waals surface area (Å²) >= 11 is 1.62. The van der Waals surface area contributed by atoms with Crippen LogP contribution >= 0.6 is 11.3 Å². The molecule has 0 radical (unpaired) electrons. The molecule has 1 fully saturated rings. The molecule has 1 aliphatic carbocycles. The highest BCUT2D eigenvalue weighted by atomic mass is 32.1. The zero-order valence-corrected chi connectivity index (χ0v) is 16.9. The number of hydrogen-bond donors (Lipinski definition) is 2. The molecule has 6 heteroatoms. The zero-order chi connectivity index (χ0) is 19.0. The quantitative estimate of drug-likeness (QED) is 0.687. The average molecular weight is 383 g/mol. The lowest BCUT2D eigenvalue weighted by Gasteiger charge is -2.36. The number of thiophene rings is 1. The van der Waals surface area contributed by atoms with E-state index in [-0.39, 0.29) is 5.75 Å². The van der Waals surface area contributed by atoms with Crippen LogP contribution in [0.15, 0.2) is 29.6 Å². The number of nitrogens with zero attached hydrogens (tertiary/aromatic N) is 3. The summed E-state index contributed by atoms with van der Waals surface area (Å²) in [5, 5.41) is 26.0. The number of fused-ring (bicyclic) bond motifs is 1. The highest BCUT2D eigenvalue weighted by Crippen LogP contribution is 2.38. The van der Waals surface area contributed by atoms with E-state index in [0.29, 0.717) is 12.1 Å². The molecule has 1 aliphatic rings. The van der Waals surface area contributed by atoms with Crippen LogP contribution in [-0.2, 0) is 0 Å². The molecular weight excluding hydrogens is 356 g/mol. The normalized spacial score (nSPS) is 20.3. The third-order valence-corrected chi connectivity index (χ3v) is 6.45. The smallest absolute Gasteiger partial charge is 0.149 e. The van der Waals surface area contributed by atoms with Crippen LogP contribution in [0.25, 0.3) is 21.3 Å². The fourth-order valence-corrected chi connectivity index (χ4v) is 4.92. The lowest BCUT2D eigenvalue weighted by Crippen LogP contribution is -2.45. The number of aromatic hydroxyl groups is 1. The summed E-state index contributed by atoms with van der Waals surface area (Å²) in [5.74, 6) is 1.10. The van der Waals surface area contributed by atoms with Crippen molar-refractivity contribution in [2.45, 2.75) is 44.7 Å². The van der Waals surface area contributed by atoms with Gasteiger partial charge in [-0.2, -0.15) is 0 Å². The molecule has 1 saturated carbocycles. The molecule has 2 heterocycles. The van der Waals surface area contributed by atoms with Crippen LogP contribution in [0.4, 0.5) is 5.82 Å². The maximum atomic E-state index is 10.7. The van der Waals surface area contributed by atoms with Crippen molar-refractivity contribution in [1.82, 2.24) is 15.1 Å². The molecular formula is C21H26N4OS. The molecule has 27 heavy (non-hydrogen) atoms. The number of anilines is 1. The SMILES string of the molecule is Cc1cc(N[C@H]2CCCC[C@@H]2N(C)C)nnc1-c1ccc2sccc2c1O. The Balaban J connectivity index is 1.61. The predicted octanol–water partition coefficient (Wildman–Crippen LogP) is 4.66. The van der Waals surface area contributed by atoms with Crippen LogP contribution in [0.5, 0.6) is 5.75 Å². The van der Waals surface area contributed by atoms with E-state index in [2.05, 4.69) is 34.5 Å². The summed E-state index contributed by atoms with van der Waals surface area (Å²) in [5.41, 5.74) is 2.48. The van der Waals surface area contributed by atoms with Crippen LogP contribution < -0.4 is 5.32 Å². The second kappa shape index (κ2) is 7.44. The number of nitrogens with one attached hydrogen (secondary N) is 1. The highest BCUT2D eigenvalue weighted by Gasteiger charge is 2.27. The maximum absolute atomic E-state index is 10.7. The predicted molar refractivity (Wildman–Crippen MR) is 113 cm³/mol. The Morgan fingerprint density at radius 1 is 1.15 bits per heavy atom. The van der Waals surface area contributed by atoms with E-state index in [1.54, 1.807) is 11.3 Å². The van der Waals surface area contributed by atoms with Gasteiger partial charge in [-0.05, 0) is 69.1 Å². The first-order valence-electron chi connectivity index (χ1n) is 9.51. The summed E-state index contributed by atoms with van der Waals surface area (Å²) in [6.45, 7) is 2.02. The zero-order valence-electron chi connectivity index (χ0n) is 16.1. The Morgan fingerprint density at radius 2 is 1.96 bits per heavy atom. The van der Waals surface area contributed by atoms with Gasteiger partial charge in [0.15, 0.2) is 0 Å². The number of phenols is 1. The lowest BCUT2D eigenvalue weighted by atomic mass is 9.89. The minimum absolute atomic E-state index is 0.284. The van der Waals surface area contributed by atoms with E-state index in [0.717, 1.165) is 39.1 Å². The number of benzene rings is 1. The van der Waals surface area contributed by atoms with Crippen LogP contribution in [0.2, 0.25) is 0 Å². The first kappa shape index (κ1) is 18.2. The fraction of sp³-hybridized carbons (Fsp3) is 0.429. The van der Waals surface area contributed by atoms with E-state index < -0.39 is 0 Å². The molecule has 1 aromatic carbocycles. The minimum atomic E-state index is 0.284.